The van der Waals surface area contributed by atoms with Gasteiger partial charge in [0.1, 0.15) is 11.5 Å². The van der Waals surface area contributed by atoms with Crippen molar-refractivity contribution in [3.05, 3.63) is 41.5 Å². The molecule has 0 spiro atoms. The van der Waals surface area contributed by atoms with Crippen molar-refractivity contribution in [2.24, 2.45) is 0 Å². The number of fused-ring (bicyclic) bond motifs is 1. The van der Waals surface area contributed by atoms with Gasteiger partial charge in [-0.15, -0.1) is 0 Å². The number of ether oxygens (including phenoxy) is 2. The second-order valence-electron chi connectivity index (χ2n) is 5.37. The first-order chi connectivity index (χ1) is 11.3. The van der Waals surface area contributed by atoms with Gasteiger partial charge in [-0.2, -0.15) is 0 Å². The minimum absolute atomic E-state index is 0.148. The van der Waals surface area contributed by atoms with Gasteiger partial charge in [0.2, 0.25) is 0 Å². The summed E-state index contributed by atoms with van der Waals surface area (Å²) in [7, 11) is 0. The van der Waals surface area contributed by atoms with E-state index in [-0.39, 0.29) is 5.78 Å². The molecule has 24 heavy (non-hydrogen) atoms. The summed E-state index contributed by atoms with van der Waals surface area (Å²) in [6, 6.07) is 7.15. The lowest BCUT2D eigenvalue weighted by atomic mass is 9.98. The van der Waals surface area contributed by atoms with E-state index >= 15 is 0 Å². The van der Waals surface area contributed by atoms with E-state index in [0.717, 1.165) is 0 Å². The highest BCUT2D eigenvalue weighted by molar-refractivity contribution is 6.02. The van der Waals surface area contributed by atoms with Crippen molar-refractivity contribution in [2.75, 3.05) is 0 Å². The first kappa shape index (κ1) is 17.4. The molecule has 0 aliphatic rings. The van der Waals surface area contributed by atoms with Gasteiger partial charge in [0.05, 0.1) is 0 Å². The van der Waals surface area contributed by atoms with Crippen LogP contribution < -0.4 is 9.47 Å². The van der Waals surface area contributed by atoms with Crippen molar-refractivity contribution < 1.29 is 23.9 Å². The molecule has 0 unspecified atom stereocenters. The smallest absolute Gasteiger partial charge is 0.308 e. The number of hydrogen-bond donors (Lipinski definition) is 0. The maximum Gasteiger partial charge on any atom is 0.308 e. The lowest BCUT2D eigenvalue weighted by molar-refractivity contribution is -0.133. The first-order valence-corrected chi connectivity index (χ1v) is 7.42. The second kappa shape index (κ2) is 7.08. The zero-order valence-corrected chi connectivity index (χ0v) is 14.0. The number of carbonyl (C=O) groups is 3. The van der Waals surface area contributed by atoms with Crippen LogP contribution in [0.2, 0.25) is 0 Å². The van der Waals surface area contributed by atoms with Crippen LogP contribution in [0.3, 0.4) is 0 Å². The third-order valence-electron chi connectivity index (χ3n) is 3.38. The molecule has 0 bridgehead atoms. The molecule has 0 aliphatic heterocycles. The SMILES string of the molecule is CC(=O)C=Cc1c(C)c(OC(C)=O)c2ccccc2c1OC(C)=O. The van der Waals surface area contributed by atoms with Crippen LogP contribution in [0.4, 0.5) is 0 Å². The molecule has 0 N–H and O–H groups in total. The largest absolute Gasteiger partial charge is 0.426 e. The molecular formula is C19H18O5. The van der Waals surface area contributed by atoms with Gasteiger partial charge >= 0.3 is 11.9 Å². The van der Waals surface area contributed by atoms with Crippen molar-refractivity contribution in [3.8, 4) is 11.5 Å². The van der Waals surface area contributed by atoms with E-state index in [1.165, 1.54) is 26.8 Å². The fourth-order valence-electron chi connectivity index (χ4n) is 2.45. The molecule has 0 atom stereocenters. The van der Waals surface area contributed by atoms with Gasteiger partial charge in [0, 0.05) is 35.7 Å². The van der Waals surface area contributed by atoms with Gasteiger partial charge in [-0.3, -0.25) is 14.4 Å². The zero-order chi connectivity index (χ0) is 17.9. The molecule has 2 aromatic rings. The maximum absolute atomic E-state index is 11.5. The summed E-state index contributed by atoms with van der Waals surface area (Å²) in [6.45, 7) is 5.80. The summed E-state index contributed by atoms with van der Waals surface area (Å²) < 4.78 is 10.8. The Hall–Kier alpha value is -2.95. The van der Waals surface area contributed by atoms with Gasteiger partial charge in [-0.25, -0.2) is 0 Å². The van der Waals surface area contributed by atoms with Crippen molar-refractivity contribution >= 4 is 34.6 Å². The van der Waals surface area contributed by atoms with Crippen LogP contribution in [-0.4, -0.2) is 17.7 Å². The maximum atomic E-state index is 11.5. The van der Waals surface area contributed by atoms with Crippen LogP contribution in [-0.2, 0) is 14.4 Å². The number of benzene rings is 2. The average molecular weight is 326 g/mol. The normalized spacial score (nSPS) is 10.8. The number of esters is 2. The van der Waals surface area contributed by atoms with E-state index < -0.39 is 11.9 Å². The Morgan fingerprint density at radius 1 is 0.875 bits per heavy atom. The number of ketones is 1. The average Bonchev–Trinajstić information content (AvgIpc) is 2.49. The molecule has 5 nitrogen and oxygen atoms in total. The number of hydrogen-bond acceptors (Lipinski definition) is 5. The molecule has 0 fully saturated rings. The molecular weight excluding hydrogens is 308 g/mol. The van der Waals surface area contributed by atoms with Gasteiger partial charge < -0.3 is 9.47 Å². The molecule has 2 aromatic carbocycles. The molecule has 0 aromatic heterocycles. The van der Waals surface area contributed by atoms with E-state index in [0.29, 0.717) is 33.4 Å². The van der Waals surface area contributed by atoms with Crippen LogP contribution in [0, 0.1) is 6.92 Å². The Balaban J connectivity index is 2.88. The molecule has 2 rings (SSSR count). The fraction of sp³-hybridized carbons (Fsp3) is 0.211. The molecule has 0 radical (unpaired) electrons. The Morgan fingerprint density at radius 2 is 1.38 bits per heavy atom. The summed E-state index contributed by atoms with van der Waals surface area (Å²) in [4.78, 5) is 34.3. The van der Waals surface area contributed by atoms with E-state index in [9.17, 15) is 14.4 Å². The topological polar surface area (TPSA) is 69.7 Å². The third-order valence-corrected chi connectivity index (χ3v) is 3.38. The molecule has 0 saturated carbocycles. The predicted molar refractivity (Wildman–Crippen MR) is 91.0 cm³/mol. The molecule has 5 heteroatoms. The highest BCUT2D eigenvalue weighted by atomic mass is 16.5. The van der Waals surface area contributed by atoms with E-state index in [4.69, 9.17) is 9.47 Å². The van der Waals surface area contributed by atoms with Crippen LogP contribution in [0.5, 0.6) is 11.5 Å². The fourth-order valence-corrected chi connectivity index (χ4v) is 2.45. The molecule has 0 heterocycles. The molecule has 124 valence electrons. The predicted octanol–water partition coefficient (Wildman–Crippen LogP) is 3.60. The first-order valence-electron chi connectivity index (χ1n) is 7.42. The second-order valence-corrected chi connectivity index (χ2v) is 5.37. The van der Waals surface area contributed by atoms with Crippen molar-refractivity contribution in [1.29, 1.82) is 0 Å². The van der Waals surface area contributed by atoms with Crippen LogP contribution in [0.25, 0.3) is 16.8 Å². The molecule has 0 saturated heterocycles. The van der Waals surface area contributed by atoms with E-state index in [1.54, 1.807) is 37.3 Å². The Kier molecular flexibility index (Phi) is 5.14. The number of allylic oxidation sites excluding steroid dienone is 1. The molecule has 0 amide bonds. The van der Waals surface area contributed by atoms with Crippen molar-refractivity contribution in [2.45, 2.75) is 27.7 Å². The van der Waals surface area contributed by atoms with E-state index in [2.05, 4.69) is 0 Å². The minimum atomic E-state index is -0.475. The van der Waals surface area contributed by atoms with Gasteiger partial charge in [0.25, 0.3) is 0 Å². The monoisotopic (exact) mass is 326 g/mol. The number of carbonyl (C=O) groups excluding carboxylic acids is 3. The standard InChI is InChI=1S/C19H18O5/c1-11(20)9-10-15-12(2)18(23-13(3)21)16-7-5-6-8-17(16)19(15)24-14(4)22/h5-10H,1-4H3. The van der Waals surface area contributed by atoms with Crippen LogP contribution in [0.1, 0.15) is 31.9 Å². The Bertz CT molecular complexity index is 862. The summed E-state index contributed by atoms with van der Waals surface area (Å²) in [5, 5.41) is 1.28. The summed E-state index contributed by atoms with van der Waals surface area (Å²) in [6.07, 6.45) is 2.94. The molecule has 0 aliphatic carbocycles. The van der Waals surface area contributed by atoms with Gasteiger partial charge in [0.15, 0.2) is 5.78 Å². The van der Waals surface area contributed by atoms with Crippen molar-refractivity contribution in [1.82, 2.24) is 0 Å². The Morgan fingerprint density at radius 3 is 1.88 bits per heavy atom. The quantitative estimate of drug-likeness (QED) is 0.488. The van der Waals surface area contributed by atoms with Gasteiger partial charge in [-0.1, -0.05) is 24.3 Å². The third kappa shape index (κ3) is 3.68. The van der Waals surface area contributed by atoms with Crippen molar-refractivity contribution in [3.63, 3.8) is 0 Å². The summed E-state index contributed by atoms with van der Waals surface area (Å²) >= 11 is 0. The van der Waals surface area contributed by atoms with Gasteiger partial charge in [-0.05, 0) is 26.0 Å². The van der Waals surface area contributed by atoms with Crippen LogP contribution in [0.15, 0.2) is 30.3 Å². The zero-order valence-electron chi connectivity index (χ0n) is 14.0. The minimum Gasteiger partial charge on any atom is -0.426 e. The highest BCUT2D eigenvalue weighted by Gasteiger charge is 2.19. The lowest BCUT2D eigenvalue weighted by Gasteiger charge is -2.17. The lowest BCUT2D eigenvalue weighted by Crippen LogP contribution is -2.08. The van der Waals surface area contributed by atoms with Crippen LogP contribution >= 0.6 is 0 Å². The highest BCUT2D eigenvalue weighted by Crippen LogP contribution is 2.41. The summed E-state index contributed by atoms with van der Waals surface area (Å²) in [5.41, 5.74) is 1.13. The summed E-state index contributed by atoms with van der Waals surface area (Å²) in [5.74, 6) is -0.353. The Labute approximate surface area is 139 Å². The van der Waals surface area contributed by atoms with E-state index in [1.807, 2.05) is 0 Å². The number of rotatable bonds is 4.